The van der Waals surface area contributed by atoms with Crippen molar-refractivity contribution in [1.29, 1.82) is 0 Å². The van der Waals surface area contributed by atoms with Gasteiger partial charge in [-0.2, -0.15) is 0 Å². The van der Waals surface area contributed by atoms with Crippen LogP contribution in [-0.2, 0) is 0 Å². The third kappa shape index (κ3) is 1.64. The van der Waals surface area contributed by atoms with Crippen LogP contribution in [0.3, 0.4) is 0 Å². The first kappa shape index (κ1) is 10.5. The lowest BCUT2D eigenvalue weighted by Gasteiger charge is -2.00. The van der Waals surface area contributed by atoms with E-state index in [0.717, 1.165) is 10.9 Å². The van der Waals surface area contributed by atoms with Gasteiger partial charge in [0.2, 0.25) is 5.78 Å². The van der Waals surface area contributed by atoms with E-state index in [1.807, 2.05) is 24.3 Å². The number of carbonyl (C=O) groups is 1. The van der Waals surface area contributed by atoms with Gasteiger partial charge in [0.1, 0.15) is 11.5 Å². The number of hydrogen-bond acceptors (Lipinski definition) is 3. The topological polar surface area (TPSA) is 71.8 Å². The molecule has 4 heteroatoms. The maximum atomic E-state index is 12.3. The van der Waals surface area contributed by atoms with Gasteiger partial charge < -0.3 is 10.7 Å². The highest BCUT2D eigenvalue weighted by molar-refractivity contribution is 6.15. The molecular formula is C14H11N3O. The molecular weight excluding hydrogens is 226 g/mol. The number of H-pyrrole nitrogens is 1. The number of fused-ring (bicyclic) bond motifs is 1. The Morgan fingerprint density at radius 3 is 2.78 bits per heavy atom. The van der Waals surface area contributed by atoms with Crippen LogP contribution in [0.15, 0.2) is 48.7 Å². The van der Waals surface area contributed by atoms with Crippen molar-refractivity contribution in [2.45, 2.75) is 0 Å². The Morgan fingerprint density at radius 2 is 1.94 bits per heavy atom. The Balaban J connectivity index is 2.12. The maximum Gasteiger partial charge on any atom is 0.213 e. The number of nitrogens with two attached hydrogens (primary N) is 1. The number of anilines is 1. The van der Waals surface area contributed by atoms with E-state index in [1.54, 1.807) is 24.4 Å². The van der Waals surface area contributed by atoms with Crippen LogP contribution in [0.4, 0.5) is 5.82 Å². The summed E-state index contributed by atoms with van der Waals surface area (Å²) in [7, 11) is 0. The summed E-state index contributed by atoms with van der Waals surface area (Å²) >= 11 is 0. The molecule has 3 N–H and O–H groups in total. The Hall–Kier alpha value is -2.62. The average molecular weight is 237 g/mol. The van der Waals surface area contributed by atoms with Crippen LogP contribution in [0.2, 0.25) is 0 Å². The van der Waals surface area contributed by atoms with Gasteiger partial charge in [0.15, 0.2) is 0 Å². The second-order valence-corrected chi connectivity index (χ2v) is 4.02. The lowest BCUT2D eigenvalue weighted by Crippen LogP contribution is -2.04. The van der Waals surface area contributed by atoms with E-state index in [1.165, 1.54) is 0 Å². The zero-order chi connectivity index (χ0) is 12.5. The molecule has 0 unspecified atom stereocenters. The number of aromatic nitrogens is 2. The molecule has 2 aromatic heterocycles. The van der Waals surface area contributed by atoms with Gasteiger partial charge in [0.25, 0.3) is 0 Å². The number of rotatable bonds is 2. The zero-order valence-corrected chi connectivity index (χ0v) is 9.55. The number of nitrogens with one attached hydrogen (secondary N) is 1. The average Bonchev–Trinajstić information content (AvgIpc) is 2.82. The molecule has 3 rings (SSSR count). The SMILES string of the molecule is Nc1cccc(C(=O)c2c[nH]c3ccccc23)n1. The Kier molecular flexibility index (Phi) is 2.34. The summed E-state index contributed by atoms with van der Waals surface area (Å²) in [6, 6.07) is 12.7. The van der Waals surface area contributed by atoms with Crippen molar-refractivity contribution in [3.63, 3.8) is 0 Å². The maximum absolute atomic E-state index is 12.3. The van der Waals surface area contributed by atoms with E-state index in [-0.39, 0.29) is 5.78 Å². The quantitative estimate of drug-likeness (QED) is 0.672. The molecule has 1 aromatic carbocycles. The van der Waals surface area contributed by atoms with Gasteiger partial charge in [-0.25, -0.2) is 4.98 Å². The first-order chi connectivity index (χ1) is 8.75. The fourth-order valence-corrected chi connectivity index (χ4v) is 1.98. The molecule has 0 saturated heterocycles. The van der Waals surface area contributed by atoms with E-state index >= 15 is 0 Å². The molecule has 4 nitrogen and oxygen atoms in total. The van der Waals surface area contributed by atoms with Crippen molar-refractivity contribution < 1.29 is 4.79 Å². The number of ketones is 1. The third-order valence-electron chi connectivity index (χ3n) is 2.84. The van der Waals surface area contributed by atoms with Crippen LogP contribution in [0, 0.1) is 0 Å². The van der Waals surface area contributed by atoms with Gasteiger partial charge in [-0.15, -0.1) is 0 Å². The van der Waals surface area contributed by atoms with Crippen molar-refractivity contribution in [1.82, 2.24) is 9.97 Å². The van der Waals surface area contributed by atoms with Crippen LogP contribution in [0.25, 0.3) is 10.9 Å². The molecule has 0 atom stereocenters. The summed E-state index contributed by atoms with van der Waals surface area (Å²) in [6.45, 7) is 0. The molecule has 0 aliphatic rings. The van der Waals surface area contributed by atoms with E-state index in [0.29, 0.717) is 17.1 Å². The van der Waals surface area contributed by atoms with E-state index < -0.39 is 0 Å². The molecule has 2 heterocycles. The smallest absolute Gasteiger partial charge is 0.213 e. The normalized spacial score (nSPS) is 10.7. The molecule has 0 bridgehead atoms. The minimum absolute atomic E-state index is 0.125. The number of hydrogen-bond donors (Lipinski definition) is 2. The van der Waals surface area contributed by atoms with Crippen molar-refractivity contribution >= 4 is 22.5 Å². The van der Waals surface area contributed by atoms with Crippen LogP contribution >= 0.6 is 0 Å². The number of para-hydroxylation sites is 1. The van der Waals surface area contributed by atoms with Crippen LogP contribution in [-0.4, -0.2) is 15.8 Å². The fraction of sp³-hybridized carbons (Fsp3) is 0. The Morgan fingerprint density at radius 1 is 1.11 bits per heavy atom. The molecule has 0 spiro atoms. The fourth-order valence-electron chi connectivity index (χ4n) is 1.98. The summed E-state index contributed by atoms with van der Waals surface area (Å²) < 4.78 is 0. The summed E-state index contributed by atoms with van der Waals surface area (Å²) in [6.07, 6.45) is 1.71. The number of carbonyl (C=O) groups excluding carboxylic acids is 1. The van der Waals surface area contributed by atoms with E-state index in [2.05, 4.69) is 9.97 Å². The molecule has 0 radical (unpaired) electrons. The first-order valence-electron chi connectivity index (χ1n) is 5.59. The molecule has 0 aliphatic carbocycles. The van der Waals surface area contributed by atoms with Gasteiger partial charge in [0.05, 0.1) is 0 Å². The third-order valence-corrected chi connectivity index (χ3v) is 2.84. The number of aromatic amines is 1. The van der Waals surface area contributed by atoms with Gasteiger partial charge in [-0.1, -0.05) is 24.3 Å². The molecule has 0 fully saturated rings. The van der Waals surface area contributed by atoms with E-state index in [9.17, 15) is 4.79 Å². The van der Waals surface area contributed by atoms with Gasteiger partial charge in [0, 0.05) is 22.7 Å². The standard InChI is InChI=1S/C14H11N3O/c15-13-7-3-6-12(17-13)14(18)10-8-16-11-5-2-1-4-9(10)11/h1-8,16H,(H2,15,17). The Bertz CT molecular complexity index is 730. The molecule has 18 heavy (non-hydrogen) atoms. The molecule has 0 amide bonds. The van der Waals surface area contributed by atoms with Crippen molar-refractivity contribution in [2.24, 2.45) is 0 Å². The predicted molar refractivity (Wildman–Crippen MR) is 70.4 cm³/mol. The molecule has 0 saturated carbocycles. The summed E-state index contributed by atoms with van der Waals surface area (Å²) in [4.78, 5) is 19.5. The summed E-state index contributed by atoms with van der Waals surface area (Å²) in [5, 5.41) is 0.895. The predicted octanol–water partition coefficient (Wildman–Crippen LogP) is 2.38. The van der Waals surface area contributed by atoms with Gasteiger partial charge in [-0.05, 0) is 18.2 Å². The van der Waals surface area contributed by atoms with Crippen molar-refractivity contribution in [3.05, 3.63) is 59.9 Å². The second kappa shape index (κ2) is 4.00. The minimum atomic E-state index is -0.125. The van der Waals surface area contributed by atoms with Crippen molar-refractivity contribution in [2.75, 3.05) is 5.73 Å². The first-order valence-corrected chi connectivity index (χ1v) is 5.59. The minimum Gasteiger partial charge on any atom is -0.384 e. The number of benzene rings is 1. The number of pyridine rings is 1. The molecule has 0 aliphatic heterocycles. The largest absolute Gasteiger partial charge is 0.384 e. The zero-order valence-electron chi connectivity index (χ0n) is 9.55. The lowest BCUT2D eigenvalue weighted by atomic mass is 10.1. The highest BCUT2D eigenvalue weighted by atomic mass is 16.1. The number of nitrogen functional groups attached to an aromatic ring is 1. The Labute approximate surface area is 103 Å². The van der Waals surface area contributed by atoms with Crippen LogP contribution in [0.1, 0.15) is 16.1 Å². The van der Waals surface area contributed by atoms with E-state index in [4.69, 9.17) is 5.73 Å². The summed E-state index contributed by atoms with van der Waals surface area (Å²) in [5.74, 6) is 0.223. The van der Waals surface area contributed by atoms with Crippen LogP contribution < -0.4 is 5.73 Å². The number of nitrogens with zero attached hydrogens (tertiary/aromatic N) is 1. The summed E-state index contributed by atoms with van der Waals surface area (Å²) in [5.41, 5.74) is 7.50. The monoisotopic (exact) mass is 237 g/mol. The second-order valence-electron chi connectivity index (χ2n) is 4.02. The van der Waals surface area contributed by atoms with Crippen molar-refractivity contribution in [3.8, 4) is 0 Å². The van der Waals surface area contributed by atoms with Gasteiger partial charge in [-0.3, -0.25) is 4.79 Å². The highest BCUT2D eigenvalue weighted by Crippen LogP contribution is 2.20. The van der Waals surface area contributed by atoms with Gasteiger partial charge >= 0.3 is 0 Å². The lowest BCUT2D eigenvalue weighted by molar-refractivity contribution is 0.103. The van der Waals surface area contributed by atoms with Crippen LogP contribution in [0.5, 0.6) is 0 Å². The molecule has 3 aromatic rings. The molecule has 88 valence electrons. The highest BCUT2D eigenvalue weighted by Gasteiger charge is 2.14.